The Morgan fingerprint density at radius 3 is 2.35 bits per heavy atom. The fourth-order valence-electron chi connectivity index (χ4n) is 2.21. The van der Waals surface area contributed by atoms with E-state index in [9.17, 15) is 5.11 Å². The van der Waals surface area contributed by atoms with E-state index < -0.39 is 12.1 Å². The van der Waals surface area contributed by atoms with Crippen molar-refractivity contribution in [2.75, 3.05) is 0 Å². The van der Waals surface area contributed by atoms with Crippen LogP contribution in [0.15, 0.2) is 55.0 Å². The number of halogens is 2. The van der Waals surface area contributed by atoms with Gasteiger partial charge in [-0.1, -0.05) is 29.8 Å². The lowest BCUT2D eigenvalue weighted by atomic mass is 9.99. The minimum absolute atomic E-state index is 0. The van der Waals surface area contributed by atoms with Crippen LogP contribution >= 0.6 is 24.0 Å². The highest BCUT2D eigenvalue weighted by atomic mass is 35.5. The van der Waals surface area contributed by atoms with Gasteiger partial charge < -0.3 is 10.8 Å². The molecule has 3 aromatic rings. The molecule has 0 fully saturated rings. The fraction of sp³-hybridized carbons (Fsp3) is 0.125. The number of pyridine rings is 1. The van der Waals surface area contributed by atoms with Crippen LogP contribution in [0.5, 0.6) is 0 Å². The van der Waals surface area contributed by atoms with Gasteiger partial charge in [0.2, 0.25) is 0 Å². The second kappa shape index (κ2) is 7.57. The average Bonchev–Trinajstić information content (AvgIpc) is 3.09. The minimum Gasteiger partial charge on any atom is -0.386 e. The molecule has 23 heavy (non-hydrogen) atoms. The predicted molar refractivity (Wildman–Crippen MR) is 92.4 cm³/mol. The number of hydrogen-bond donors (Lipinski definition) is 3. The topological polar surface area (TPSA) is 87.8 Å². The van der Waals surface area contributed by atoms with E-state index in [2.05, 4.69) is 15.2 Å². The van der Waals surface area contributed by atoms with E-state index in [-0.39, 0.29) is 12.4 Å². The molecule has 0 aliphatic rings. The van der Waals surface area contributed by atoms with Gasteiger partial charge >= 0.3 is 0 Å². The Kier molecular flexibility index (Phi) is 5.74. The van der Waals surface area contributed by atoms with Crippen LogP contribution < -0.4 is 5.73 Å². The van der Waals surface area contributed by atoms with Gasteiger partial charge in [-0.05, 0) is 23.8 Å². The first-order valence-electron chi connectivity index (χ1n) is 6.79. The summed E-state index contributed by atoms with van der Waals surface area (Å²) < 4.78 is 0. The maximum absolute atomic E-state index is 10.4. The minimum atomic E-state index is -0.843. The molecular formula is C16H16Cl2N4O. The molecule has 2 unspecified atom stereocenters. The standard InChI is InChI=1S/C16H15ClN4O.ClH/c17-13-4-1-10(2-5-13)16(22)15(18)14-6-3-11(7-19-14)12-8-20-21-9-12;/h1-9,15-16,22H,18H2,(H,20,21);1H. The van der Waals surface area contributed by atoms with Crippen molar-refractivity contribution >= 4 is 24.0 Å². The van der Waals surface area contributed by atoms with Crippen molar-refractivity contribution in [2.45, 2.75) is 12.1 Å². The van der Waals surface area contributed by atoms with E-state index in [1.165, 1.54) is 0 Å². The number of aliphatic hydroxyl groups excluding tert-OH is 1. The summed E-state index contributed by atoms with van der Waals surface area (Å²) >= 11 is 5.85. The van der Waals surface area contributed by atoms with Crippen LogP contribution in [0.3, 0.4) is 0 Å². The van der Waals surface area contributed by atoms with Crippen molar-refractivity contribution in [3.8, 4) is 11.1 Å². The number of aromatic amines is 1. The monoisotopic (exact) mass is 350 g/mol. The van der Waals surface area contributed by atoms with Crippen LogP contribution in [0.4, 0.5) is 0 Å². The summed E-state index contributed by atoms with van der Waals surface area (Å²) in [5.41, 5.74) is 9.33. The Morgan fingerprint density at radius 1 is 1.04 bits per heavy atom. The summed E-state index contributed by atoms with van der Waals surface area (Å²) in [6.45, 7) is 0. The first-order chi connectivity index (χ1) is 10.6. The van der Waals surface area contributed by atoms with Crippen molar-refractivity contribution in [1.29, 1.82) is 0 Å². The molecule has 5 nitrogen and oxygen atoms in total. The summed E-state index contributed by atoms with van der Waals surface area (Å²) in [5.74, 6) is 0. The molecule has 2 aromatic heterocycles. The SMILES string of the molecule is Cl.NC(c1ccc(-c2cn[nH]c2)cn1)C(O)c1ccc(Cl)cc1. The molecule has 0 aliphatic heterocycles. The third kappa shape index (κ3) is 3.89. The Morgan fingerprint density at radius 2 is 1.78 bits per heavy atom. The molecule has 2 atom stereocenters. The molecule has 0 radical (unpaired) electrons. The number of H-pyrrole nitrogens is 1. The number of nitrogens with zero attached hydrogens (tertiary/aromatic N) is 2. The number of nitrogens with two attached hydrogens (primary N) is 1. The van der Waals surface area contributed by atoms with Crippen LogP contribution in [-0.4, -0.2) is 20.3 Å². The van der Waals surface area contributed by atoms with Crippen molar-refractivity contribution in [2.24, 2.45) is 5.73 Å². The van der Waals surface area contributed by atoms with Crippen LogP contribution in [0.25, 0.3) is 11.1 Å². The van der Waals surface area contributed by atoms with Crippen LogP contribution in [0, 0.1) is 0 Å². The number of aliphatic hydroxyl groups is 1. The zero-order valence-electron chi connectivity index (χ0n) is 12.1. The van der Waals surface area contributed by atoms with Gasteiger partial charge in [-0.2, -0.15) is 5.10 Å². The molecule has 120 valence electrons. The van der Waals surface area contributed by atoms with Crippen molar-refractivity contribution in [3.05, 3.63) is 71.3 Å². The summed E-state index contributed by atoms with van der Waals surface area (Å²) in [4.78, 5) is 4.35. The third-order valence-corrected chi connectivity index (χ3v) is 3.76. The lowest BCUT2D eigenvalue weighted by Gasteiger charge is -2.19. The number of benzene rings is 1. The summed E-state index contributed by atoms with van der Waals surface area (Å²) in [6.07, 6.45) is 4.39. The molecule has 0 saturated carbocycles. The molecule has 4 N–H and O–H groups in total. The van der Waals surface area contributed by atoms with Crippen LogP contribution in [-0.2, 0) is 0 Å². The van der Waals surface area contributed by atoms with Gasteiger partial charge in [0.25, 0.3) is 0 Å². The highest BCUT2D eigenvalue weighted by molar-refractivity contribution is 6.30. The van der Waals surface area contributed by atoms with E-state index in [1.54, 1.807) is 42.9 Å². The fourth-order valence-corrected chi connectivity index (χ4v) is 2.34. The highest BCUT2D eigenvalue weighted by Crippen LogP contribution is 2.27. The van der Waals surface area contributed by atoms with E-state index in [1.807, 2.05) is 12.1 Å². The second-order valence-corrected chi connectivity index (χ2v) is 5.42. The number of aromatic nitrogens is 3. The van der Waals surface area contributed by atoms with E-state index in [0.717, 1.165) is 11.1 Å². The average molecular weight is 351 g/mol. The number of rotatable bonds is 4. The number of hydrogen-bond acceptors (Lipinski definition) is 4. The van der Waals surface area contributed by atoms with Crippen molar-refractivity contribution in [3.63, 3.8) is 0 Å². The van der Waals surface area contributed by atoms with E-state index in [4.69, 9.17) is 17.3 Å². The molecule has 0 aliphatic carbocycles. The molecule has 0 amide bonds. The zero-order chi connectivity index (χ0) is 15.5. The van der Waals surface area contributed by atoms with Gasteiger partial charge in [0.15, 0.2) is 0 Å². The molecule has 3 rings (SSSR count). The summed E-state index contributed by atoms with van der Waals surface area (Å²) in [7, 11) is 0. The summed E-state index contributed by atoms with van der Waals surface area (Å²) in [5, 5.41) is 17.6. The third-order valence-electron chi connectivity index (χ3n) is 3.51. The molecule has 2 heterocycles. The molecule has 7 heteroatoms. The number of nitrogens with one attached hydrogen (secondary N) is 1. The quantitative estimate of drug-likeness (QED) is 0.673. The maximum Gasteiger partial charge on any atom is 0.0998 e. The van der Waals surface area contributed by atoms with Crippen molar-refractivity contribution in [1.82, 2.24) is 15.2 Å². The molecular weight excluding hydrogens is 335 g/mol. The summed E-state index contributed by atoms with van der Waals surface area (Å²) in [6, 6.07) is 10.1. The molecule has 1 aromatic carbocycles. The first-order valence-corrected chi connectivity index (χ1v) is 7.17. The lowest BCUT2D eigenvalue weighted by molar-refractivity contribution is 0.145. The van der Waals surface area contributed by atoms with Gasteiger partial charge in [0.05, 0.1) is 24.0 Å². The largest absolute Gasteiger partial charge is 0.386 e. The van der Waals surface area contributed by atoms with Crippen LogP contribution in [0.2, 0.25) is 5.02 Å². The highest BCUT2D eigenvalue weighted by Gasteiger charge is 2.20. The smallest absolute Gasteiger partial charge is 0.0998 e. The van der Waals surface area contributed by atoms with Gasteiger partial charge in [-0.3, -0.25) is 10.1 Å². The van der Waals surface area contributed by atoms with E-state index in [0.29, 0.717) is 16.3 Å². The predicted octanol–water partition coefficient (Wildman–Crippen LogP) is 3.28. The van der Waals surface area contributed by atoms with Gasteiger partial charge in [0, 0.05) is 28.5 Å². The molecule has 0 bridgehead atoms. The second-order valence-electron chi connectivity index (χ2n) is 4.98. The van der Waals surface area contributed by atoms with Gasteiger partial charge in [0.1, 0.15) is 0 Å². The molecule has 0 saturated heterocycles. The first kappa shape index (κ1) is 17.4. The van der Waals surface area contributed by atoms with Crippen molar-refractivity contribution < 1.29 is 5.11 Å². The zero-order valence-corrected chi connectivity index (χ0v) is 13.6. The van der Waals surface area contributed by atoms with Crippen LogP contribution in [0.1, 0.15) is 23.4 Å². The van der Waals surface area contributed by atoms with Gasteiger partial charge in [-0.15, -0.1) is 12.4 Å². The Balaban J connectivity index is 0.00000192. The van der Waals surface area contributed by atoms with E-state index >= 15 is 0 Å². The Bertz CT molecular complexity index is 730. The normalized spacial score (nSPS) is 13.2. The molecule has 0 spiro atoms. The maximum atomic E-state index is 10.4. The lowest BCUT2D eigenvalue weighted by Crippen LogP contribution is -2.20. The van der Waals surface area contributed by atoms with Gasteiger partial charge in [-0.25, -0.2) is 0 Å². The Labute approximate surface area is 144 Å². The Hall–Kier alpha value is -1.92.